The lowest BCUT2D eigenvalue weighted by Gasteiger charge is -2.52. The minimum Gasteiger partial charge on any atom is -0.481 e. The number of allylic oxidation sites excluding steroid dienone is 1. The second-order valence-corrected chi connectivity index (χ2v) is 20.5. The molecule has 2 spiro atoms. The van der Waals surface area contributed by atoms with Crippen molar-refractivity contribution in [3.05, 3.63) is 11.6 Å². The summed E-state index contributed by atoms with van der Waals surface area (Å²) in [6.45, 7) is 21.6. The molecule has 6 heterocycles. The van der Waals surface area contributed by atoms with Crippen molar-refractivity contribution in [2.75, 3.05) is 13.7 Å². The predicted octanol–water partition coefficient (Wildman–Crippen LogP) is 7.18. The highest BCUT2D eigenvalue weighted by Gasteiger charge is 2.64. The fourth-order valence-corrected chi connectivity index (χ4v) is 11.7. The van der Waals surface area contributed by atoms with Crippen LogP contribution in [0.3, 0.4) is 0 Å². The Bertz CT molecular complexity index is 1540. The van der Waals surface area contributed by atoms with E-state index >= 15 is 0 Å². The van der Waals surface area contributed by atoms with Gasteiger partial charge in [-0.25, -0.2) is 0 Å². The molecule has 0 aromatic heterocycles. The molecule has 3 N–H and O–H groups in total. The highest BCUT2D eigenvalue weighted by molar-refractivity contribution is 5.96. The van der Waals surface area contributed by atoms with E-state index in [1.165, 1.54) is 0 Å². The molecule has 0 bridgehead atoms. The number of hydrogen-bond acceptors (Lipinski definition) is 12. The fraction of sp³-hybridized carbons (Fsp3) is 0.915. The molecule has 6 rings (SSSR count). The molecular formula is C47H78O13. The number of carboxylic acid groups (broad SMARTS) is 1. The largest absolute Gasteiger partial charge is 0.481 e. The molecular weight excluding hydrogens is 773 g/mol. The van der Waals surface area contributed by atoms with Gasteiger partial charge in [-0.3, -0.25) is 9.59 Å². The van der Waals surface area contributed by atoms with E-state index in [0.29, 0.717) is 37.7 Å². The van der Waals surface area contributed by atoms with Gasteiger partial charge in [0.15, 0.2) is 29.4 Å². The Morgan fingerprint density at radius 2 is 1.57 bits per heavy atom. The maximum Gasteiger partial charge on any atom is 0.306 e. The summed E-state index contributed by atoms with van der Waals surface area (Å²) in [6, 6.07) is 0. The molecule has 0 amide bonds. The number of Topliss-reactive ketones (excluding diaryl/α,β-unsaturated/α-hetero) is 1. The Hall–Kier alpha value is -1.52. The van der Waals surface area contributed by atoms with Gasteiger partial charge in [0, 0.05) is 61.9 Å². The molecule has 0 aromatic rings. The number of aliphatic hydroxyl groups excluding tert-OH is 1. The Morgan fingerprint density at radius 3 is 2.22 bits per heavy atom. The van der Waals surface area contributed by atoms with Crippen molar-refractivity contribution in [2.24, 2.45) is 47.3 Å². The summed E-state index contributed by atoms with van der Waals surface area (Å²) in [5.41, 5.74) is -0.116. The average Bonchev–Trinajstić information content (AvgIpc) is 3.72. The molecule has 0 radical (unpaired) electrons. The van der Waals surface area contributed by atoms with Gasteiger partial charge in [0.05, 0.1) is 60.9 Å². The highest BCUT2D eigenvalue weighted by Crippen LogP contribution is 2.57. The van der Waals surface area contributed by atoms with Gasteiger partial charge in [-0.05, 0) is 77.2 Å². The monoisotopic (exact) mass is 851 g/mol. The lowest BCUT2D eigenvalue weighted by molar-refractivity contribution is -0.382. The molecule has 6 aliphatic heterocycles. The summed E-state index contributed by atoms with van der Waals surface area (Å²) in [7, 11) is 1.71. The third kappa shape index (κ3) is 9.33. The zero-order chi connectivity index (χ0) is 44.1. The molecule has 5 unspecified atom stereocenters. The van der Waals surface area contributed by atoms with E-state index in [0.717, 1.165) is 25.7 Å². The molecule has 344 valence electrons. The SMILES string of the molecule is CO[C@H]1CC[C@H](O[C@@H]2CC([C@@H](C)/C=C(\C)C(=O)[C@H](C)C[C@H](C)C(=O)O)O[C@@]3(CC[C@@](C)(C4CC[C@@H](C)C5(OC(C6O[C@@](O)(CO)[C@@H](C)C[C@@H]6C)C[C@@H]5C)O4)O3)[C@@H]2C)O[C@@H]1C. The highest BCUT2D eigenvalue weighted by atomic mass is 16.8. The fourth-order valence-electron chi connectivity index (χ4n) is 11.7. The average molecular weight is 851 g/mol. The van der Waals surface area contributed by atoms with E-state index < -0.39 is 53.7 Å². The number of ketones is 1. The van der Waals surface area contributed by atoms with Gasteiger partial charge in [0.2, 0.25) is 0 Å². The predicted molar refractivity (Wildman–Crippen MR) is 222 cm³/mol. The van der Waals surface area contributed by atoms with Gasteiger partial charge >= 0.3 is 5.97 Å². The van der Waals surface area contributed by atoms with Gasteiger partial charge in [0.1, 0.15) is 0 Å². The second-order valence-electron chi connectivity index (χ2n) is 20.5. The minimum absolute atomic E-state index is 0.0101. The van der Waals surface area contributed by atoms with Crippen LogP contribution in [0.5, 0.6) is 0 Å². The third-order valence-corrected chi connectivity index (χ3v) is 15.9. The summed E-state index contributed by atoms with van der Waals surface area (Å²) in [6.07, 6.45) is 6.69. The molecule has 6 fully saturated rings. The molecule has 6 aliphatic rings. The van der Waals surface area contributed by atoms with Crippen LogP contribution in [-0.4, -0.2) is 113 Å². The van der Waals surface area contributed by atoms with Crippen LogP contribution in [0.15, 0.2) is 11.6 Å². The van der Waals surface area contributed by atoms with Crippen LogP contribution in [-0.2, 0) is 47.5 Å². The number of hydrogen-bond donors (Lipinski definition) is 3. The maximum atomic E-state index is 13.5. The maximum absolute atomic E-state index is 13.5. The molecule has 0 aliphatic carbocycles. The summed E-state index contributed by atoms with van der Waals surface area (Å²) in [4.78, 5) is 25.0. The van der Waals surface area contributed by atoms with E-state index in [9.17, 15) is 24.9 Å². The Kier molecular flexibility index (Phi) is 14.8. The van der Waals surface area contributed by atoms with Crippen molar-refractivity contribution >= 4 is 11.8 Å². The quantitative estimate of drug-likeness (QED) is 0.160. The van der Waals surface area contributed by atoms with Crippen molar-refractivity contribution in [2.45, 2.75) is 212 Å². The molecule has 13 nitrogen and oxygen atoms in total. The number of carboxylic acids is 1. The van der Waals surface area contributed by atoms with Crippen molar-refractivity contribution in [1.82, 2.24) is 0 Å². The Labute approximate surface area is 358 Å². The van der Waals surface area contributed by atoms with E-state index in [2.05, 4.69) is 41.5 Å². The normalized spacial score (nSPS) is 48.0. The Balaban J connectivity index is 1.22. The lowest BCUT2D eigenvalue weighted by Crippen LogP contribution is -2.60. The number of carbonyl (C=O) groups excluding carboxylic acids is 1. The first-order chi connectivity index (χ1) is 28.1. The van der Waals surface area contributed by atoms with Gasteiger partial charge in [-0.15, -0.1) is 0 Å². The second kappa shape index (κ2) is 18.5. The van der Waals surface area contributed by atoms with Crippen LogP contribution in [0.2, 0.25) is 0 Å². The first-order valence-corrected chi connectivity index (χ1v) is 23.1. The molecule has 20 atom stereocenters. The first kappa shape index (κ1) is 47.9. The first-order valence-electron chi connectivity index (χ1n) is 23.1. The van der Waals surface area contributed by atoms with Crippen molar-refractivity contribution in [3.63, 3.8) is 0 Å². The van der Waals surface area contributed by atoms with Crippen LogP contribution < -0.4 is 0 Å². The minimum atomic E-state index is -1.61. The summed E-state index contributed by atoms with van der Waals surface area (Å²) < 4.78 is 54.0. The zero-order valence-corrected chi connectivity index (χ0v) is 38.5. The van der Waals surface area contributed by atoms with Crippen molar-refractivity contribution in [1.29, 1.82) is 0 Å². The molecule has 13 heteroatoms. The number of carbonyl (C=O) groups is 2. The third-order valence-electron chi connectivity index (χ3n) is 15.9. The number of aliphatic hydroxyl groups is 2. The van der Waals surface area contributed by atoms with Gasteiger partial charge < -0.3 is 53.2 Å². The lowest BCUT2D eigenvalue weighted by atomic mass is 9.78. The van der Waals surface area contributed by atoms with Crippen molar-refractivity contribution < 1.29 is 62.8 Å². The van der Waals surface area contributed by atoms with Crippen LogP contribution in [0, 0.1) is 47.3 Å². The standard InChI is InChI=1S/C47H78O13/c1-25(19-26(2)41(49)27(3)20-29(5)43(50)51)36-23-37(55-40-16-14-35(53-12)34(10)54-40)33(9)46(56-36)18-17-44(11,60-46)39-15-13-30(6)47(58-39)32(8)22-38(57-47)42-28(4)21-31(7)45(52,24-48)59-42/h19,25,27-40,42,48,52H,13-18,20-24H2,1-12H3,(H,50,51)/b26-19+/t25-,27+,28-,29-,30+,31-,32-,33+,34+,35-,36?,37+,38?,39?,40-,42?,44-,45-,46+,47?/m0/s1. The molecule has 6 saturated heterocycles. The van der Waals surface area contributed by atoms with E-state index in [1.807, 2.05) is 26.8 Å². The zero-order valence-electron chi connectivity index (χ0n) is 38.5. The van der Waals surface area contributed by atoms with Crippen LogP contribution >= 0.6 is 0 Å². The van der Waals surface area contributed by atoms with Crippen molar-refractivity contribution in [3.8, 4) is 0 Å². The number of methoxy groups -OCH3 is 1. The van der Waals surface area contributed by atoms with Crippen LogP contribution in [0.1, 0.15) is 140 Å². The number of rotatable bonds is 13. The summed E-state index contributed by atoms with van der Waals surface area (Å²) >= 11 is 0. The number of ether oxygens (including phenoxy) is 8. The summed E-state index contributed by atoms with van der Waals surface area (Å²) in [5.74, 6) is -5.73. The smallest absolute Gasteiger partial charge is 0.306 e. The number of aliphatic carboxylic acids is 1. The van der Waals surface area contributed by atoms with E-state index in [-0.39, 0.29) is 90.4 Å². The van der Waals surface area contributed by atoms with Gasteiger partial charge in [-0.1, -0.05) is 61.5 Å². The van der Waals surface area contributed by atoms with Gasteiger partial charge in [0.25, 0.3) is 0 Å². The molecule has 0 saturated carbocycles. The van der Waals surface area contributed by atoms with E-state index in [4.69, 9.17) is 37.9 Å². The molecule has 60 heavy (non-hydrogen) atoms. The Morgan fingerprint density at radius 1 is 0.850 bits per heavy atom. The summed E-state index contributed by atoms with van der Waals surface area (Å²) in [5, 5.41) is 30.7. The van der Waals surface area contributed by atoms with Crippen LogP contribution in [0.25, 0.3) is 0 Å². The van der Waals surface area contributed by atoms with Gasteiger partial charge in [-0.2, -0.15) is 0 Å². The molecule has 0 aromatic carbocycles. The van der Waals surface area contributed by atoms with E-state index in [1.54, 1.807) is 21.0 Å². The topological polar surface area (TPSA) is 169 Å². The van der Waals surface area contributed by atoms with Crippen LogP contribution in [0.4, 0.5) is 0 Å².